The minimum absolute atomic E-state index is 0.175. The third-order valence-corrected chi connectivity index (χ3v) is 6.24. The Morgan fingerprint density at radius 3 is 2.02 bits per heavy atom. The standard InChI is InChI=1S/C16H14ClN3O2.C11H10ClN3O.C5H6O2/c1-2-22-16(21)14-9-19-15(20-14)6-10-3-4-13-11(5-10)7-12(17)8-18-13;12-9-5-8-3-7(4-11(13)15-16)1-2-10(8)14-6-9;1-3-5(6)7-4-2/h3-5,7-9H,2,6H2,1H3,(H,19,20);1-3,5-6,16H,4H2,(H2,13,15);1H,4H2,2H3. The second-order valence-electron chi connectivity index (χ2n) is 9.13. The van der Waals surface area contributed by atoms with Crippen LogP contribution in [-0.2, 0) is 27.1 Å². The van der Waals surface area contributed by atoms with Gasteiger partial charge in [0.1, 0.15) is 17.4 Å². The van der Waals surface area contributed by atoms with Crippen LogP contribution in [0.15, 0.2) is 72.3 Å². The lowest BCUT2D eigenvalue weighted by Gasteiger charge is -2.02. The number of aromatic nitrogens is 4. The molecule has 232 valence electrons. The number of nitrogens with zero attached hydrogens (tertiary/aromatic N) is 4. The molecule has 0 unspecified atom stereocenters. The zero-order valence-electron chi connectivity index (χ0n) is 24.5. The minimum atomic E-state index is -0.595. The van der Waals surface area contributed by atoms with Crippen molar-refractivity contribution in [2.45, 2.75) is 26.7 Å². The van der Waals surface area contributed by atoms with Crippen molar-refractivity contribution < 1.29 is 24.3 Å². The summed E-state index contributed by atoms with van der Waals surface area (Å²) in [5, 5.41) is 14.5. The zero-order valence-corrected chi connectivity index (χ0v) is 26.0. The second kappa shape index (κ2) is 17.2. The maximum Gasteiger partial charge on any atom is 0.384 e. The van der Waals surface area contributed by atoms with Gasteiger partial charge in [0.2, 0.25) is 0 Å². The fraction of sp³-hybridized carbons (Fsp3) is 0.188. The number of aromatic amines is 1. The van der Waals surface area contributed by atoms with E-state index in [1.807, 2.05) is 48.5 Å². The molecule has 5 rings (SSSR count). The maximum atomic E-state index is 11.6. The Bertz CT molecular complexity index is 1850. The number of nitrogens with one attached hydrogen (secondary N) is 1. The van der Waals surface area contributed by atoms with Gasteiger partial charge in [-0.3, -0.25) is 9.97 Å². The lowest BCUT2D eigenvalue weighted by atomic mass is 10.1. The highest BCUT2D eigenvalue weighted by atomic mass is 35.5. The number of halogens is 2. The number of amidine groups is 1. The van der Waals surface area contributed by atoms with Crippen molar-refractivity contribution in [1.29, 1.82) is 0 Å². The summed E-state index contributed by atoms with van der Waals surface area (Å²) in [6, 6.07) is 15.3. The minimum Gasteiger partial charge on any atom is -0.461 e. The molecule has 0 radical (unpaired) electrons. The lowest BCUT2D eigenvalue weighted by molar-refractivity contribution is -0.136. The fourth-order valence-electron chi connectivity index (χ4n) is 3.90. The monoisotopic (exact) mass is 648 g/mol. The number of H-pyrrole nitrogens is 1. The number of fused-ring (bicyclic) bond motifs is 2. The number of pyridine rings is 2. The predicted molar refractivity (Wildman–Crippen MR) is 173 cm³/mol. The van der Waals surface area contributed by atoms with Gasteiger partial charge in [-0.25, -0.2) is 14.6 Å². The summed E-state index contributed by atoms with van der Waals surface area (Å²) in [6.45, 7) is 4.16. The van der Waals surface area contributed by atoms with Gasteiger partial charge in [-0.15, -0.1) is 6.42 Å². The molecular formula is C32H30Cl2N6O5. The Morgan fingerprint density at radius 2 is 1.49 bits per heavy atom. The van der Waals surface area contributed by atoms with Crippen molar-refractivity contribution in [2.24, 2.45) is 10.9 Å². The number of oxime groups is 1. The molecule has 2 aromatic carbocycles. The summed E-state index contributed by atoms with van der Waals surface area (Å²) in [6.07, 6.45) is 10.3. The number of carbonyl (C=O) groups is 2. The molecule has 0 spiro atoms. The number of esters is 2. The van der Waals surface area contributed by atoms with Crippen molar-refractivity contribution in [3.05, 3.63) is 99.8 Å². The Balaban J connectivity index is 0.000000210. The number of hydrogen-bond donors (Lipinski definition) is 3. The average Bonchev–Trinajstić information content (AvgIpc) is 3.50. The molecule has 13 heteroatoms. The number of benzene rings is 2. The normalized spacial score (nSPS) is 10.6. The molecule has 0 fully saturated rings. The van der Waals surface area contributed by atoms with Crippen LogP contribution in [0.3, 0.4) is 0 Å². The maximum absolute atomic E-state index is 11.6. The Labute approximate surface area is 269 Å². The first-order chi connectivity index (χ1) is 21.6. The SMILES string of the molecule is C#CC(=O)OCC.CCOC(=O)c1cnc(Cc2ccc3ncc(Cl)cc3c2)[nH]1.N/C(Cc1ccc2ncc(Cl)cc2c1)=N\O. The van der Waals surface area contributed by atoms with E-state index in [9.17, 15) is 9.59 Å². The van der Waals surface area contributed by atoms with E-state index in [1.54, 1.807) is 32.2 Å². The van der Waals surface area contributed by atoms with Crippen LogP contribution < -0.4 is 5.73 Å². The molecule has 3 aromatic heterocycles. The smallest absolute Gasteiger partial charge is 0.384 e. The van der Waals surface area contributed by atoms with Crippen LogP contribution in [0.4, 0.5) is 0 Å². The average molecular weight is 650 g/mol. The summed E-state index contributed by atoms with van der Waals surface area (Å²) in [5.74, 6) is 1.70. The van der Waals surface area contributed by atoms with Crippen molar-refractivity contribution >= 4 is 62.8 Å². The second-order valence-corrected chi connectivity index (χ2v) is 10.0. The summed E-state index contributed by atoms with van der Waals surface area (Å²) in [5.41, 5.74) is 9.57. The van der Waals surface area contributed by atoms with Gasteiger partial charge in [-0.05, 0) is 61.4 Å². The molecule has 0 saturated carbocycles. The van der Waals surface area contributed by atoms with Crippen LogP contribution in [0.25, 0.3) is 21.8 Å². The summed E-state index contributed by atoms with van der Waals surface area (Å²) >= 11 is 11.8. The van der Waals surface area contributed by atoms with Gasteiger partial charge in [-0.1, -0.05) is 40.5 Å². The quantitative estimate of drug-likeness (QED) is 0.0379. The number of carbonyl (C=O) groups excluding carboxylic acids is 2. The summed E-state index contributed by atoms with van der Waals surface area (Å²) in [7, 11) is 0. The Kier molecular flexibility index (Phi) is 13.1. The van der Waals surface area contributed by atoms with E-state index < -0.39 is 11.9 Å². The molecule has 0 saturated heterocycles. The van der Waals surface area contributed by atoms with Gasteiger partial charge in [0.25, 0.3) is 0 Å². The first kappa shape index (κ1) is 34.3. The molecule has 11 nitrogen and oxygen atoms in total. The van der Waals surface area contributed by atoms with E-state index in [0.717, 1.165) is 32.9 Å². The first-order valence-corrected chi connectivity index (χ1v) is 14.3. The van der Waals surface area contributed by atoms with Crippen LogP contribution in [0.5, 0.6) is 0 Å². The molecule has 0 amide bonds. The van der Waals surface area contributed by atoms with E-state index in [1.165, 1.54) is 6.20 Å². The van der Waals surface area contributed by atoms with E-state index >= 15 is 0 Å². The van der Waals surface area contributed by atoms with Crippen molar-refractivity contribution in [2.75, 3.05) is 13.2 Å². The molecule has 0 aliphatic heterocycles. The molecule has 0 atom stereocenters. The number of imidazole rings is 1. The molecule has 3 heterocycles. The summed E-state index contributed by atoms with van der Waals surface area (Å²) in [4.78, 5) is 37.2. The topological polar surface area (TPSA) is 166 Å². The number of rotatable bonds is 7. The molecule has 0 aliphatic rings. The van der Waals surface area contributed by atoms with Crippen LogP contribution in [0.2, 0.25) is 10.0 Å². The number of ether oxygens (including phenoxy) is 2. The highest BCUT2D eigenvalue weighted by molar-refractivity contribution is 6.31. The van der Waals surface area contributed by atoms with Crippen molar-refractivity contribution in [3.8, 4) is 12.3 Å². The highest BCUT2D eigenvalue weighted by Gasteiger charge is 2.11. The van der Waals surface area contributed by atoms with E-state index in [0.29, 0.717) is 47.6 Å². The van der Waals surface area contributed by atoms with E-state index in [2.05, 4.69) is 36.3 Å². The number of terminal acetylenes is 1. The zero-order chi connectivity index (χ0) is 32.8. The van der Waals surface area contributed by atoms with Gasteiger partial charge >= 0.3 is 11.9 Å². The summed E-state index contributed by atoms with van der Waals surface area (Å²) < 4.78 is 9.25. The van der Waals surface area contributed by atoms with Gasteiger partial charge in [0.15, 0.2) is 0 Å². The fourth-order valence-corrected chi connectivity index (χ4v) is 4.24. The van der Waals surface area contributed by atoms with Crippen LogP contribution in [0.1, 0.15) is 41.3 Å². The number of nitrogens with two attached hydrogens (primary N) is 1. The molecule has 4 N–H and O–H groups in total. The van der Waals surface area contributed by atoms with E-state index in [-0.39, 0.29) is 5.84 Å². The Morgan fingerprint density at radius 1 is 0.911 bits per heavy atom. The van der Waals surface area contributed by atoms with Gasteiger partial charge in [0.05, 0.1) is 40.5 Å². The molecular weight excluding hydrogens is 619 g/mol. The van der Waals surface area contributed by atoms with E-state index in [4.69, 9.17) is 38.9 Å². The van der Waals surface area contributed by atoms with Gasteiger partial charge in [0, 0.05) is 41.9 Å². The first-order valence-electron chi connectivity index (χ1n) is 13.5. The van der Waals surface area contributed by atoms with Crippen molar-refractivity contribution in [1.82, 2.24) is 19.9 Å². The lowest BCUT2D eigenvalue weighted by Crippen LogP contribution is -2.14. The molecule has 45 heavy (non-hydrogen) atoms. The highest BCUT2D eigenvalue weighted by Crippen LogP contribution is 2.20. The molecule has 0 aliphatic carbocycles. The van der Waals surface area contributed by atoms with Crippen LogP contribution in [0, 0.1) is 12.3 Å². The largest absolute Gasteiger partial charge is 0.461 e. The van der Waals surface area contributed by atoms with Crippen LogP contribution in [-0.4, -0.2) is 56.1 Å². The Hall–Kier alpha value is -5.18. The third-order valence-electron chi connectivity index (χ3n) is 5.83. The molecule has 0 bridgehead atoms. The third kappa shape index (κ3) is 10.8. The van der Waals surface area contributed by atoms with Gasteiger partial charge < -0.3 is 25.4 Å². The molecule has 5 aromatic rings. The van der Waals surface area contributed by atoms with Gasteiger partial charge in [-0.2, -0.15) is 0 Å². The number of hydrogen-bond acceptors (Lipinski definition) is 9. The van der Waals surface area contributed by atoms with Crippen molar-refractivity contribution in [3.63, 3.8) is 0 Å². The predicted octanol–water partition coefficient (Wildman–Crippen LogP) is 5.74. The van der Waals surface area contributed by atoms with Crippen LogP contribution >= 0.6 is 23.2 Å².